The predicted molar refractivity (Wildman–Crippen MR) is 124 cm³/mol. The molecule has 3 rings (SSSR count). The first-order chi connectivity index (χ1) is 16.6. The summed E-state index contributed by atoms with van der Waals surface area (Å²) in [5.41, 5.74) is 10.6. The number of hydrogen-bond acceptors (Lipinski definition) is 6. The first kappa shape index (κ1) is 25.8. The molecule has 190 valence electrons. The maximum absolute atomic E-state index is 12.6. The summed E-state index contributed by atoms with van der Waals surface area (Å²) < 4.78 is 41.5. The van der Waals surface area contributed by atoms with Crippen LogP contribution in [0.1, 0.15) is 30.7 Å². The predicted octanol–water partition coefficient (Wildman–Crippen LogP) is 2.16. The fraction of sp³-hybridized carbons (Fsp3) is 0.429. The van der Waals surface area contributed by atoms with Gasteiger partial charge in [-0.2, -0.15) is 0 Å². The number of guanidine groups is 1. The molecular formula is C21H27F3N8O3. The number of amides is 2. The molecule has 0 spiro atoms. The Morgan fingerprint density at radius 3 is 2.60 bits per heavy atom. The number of ether oxygens (including phenoxy) is 1. The average molecular weight is 496 g/mol. The van der Waals surface area contributed by atoms with Crippen LogP contribution in [0.4, 0.5) is 29.6 Å². The number of hydrogen-bond donors (Lipinski definition) is 5. The van der Waals surface area contributed by atoms with Gasteiger partial charge in [-0.15, -0.1) is 13.2 Å². The molecule has 2 heterocycles. The third-order valence-corrected chi connectivity index (χ3v) is 5.37. The highest BCUT2D eigenvalue weighted by atomic mass is 19.4. The number of para-hydroxylation sites is 2. The molecule has 7 N–H and O–H groups in total. The van der Waals surface area contributed by atoms with E-state index >= 15 is 0 Å². The van der Waals surface area contributed by atoms with Crippen LogP contribution >= 0.6 is 0 Å². The van der Waals surface area contributed by atoms with Crippen LogP contribution in [0.2, 0.25) is 0 Å². The Hall–Kier alpha value is -3.81. The lowest BCUT2D eigenvalue weighted by Gasteiger charge is -2.31. The van der Waals surface area contributed by atoms with E-state index in [-0.39, 0.29) is 29.1 Å². The number of benzene rings is 1. The number of halogens is 3. The minimum atomic E-state index is -4.92. The van der Waals surface area contributed by atoms with Gasteiger partial charge < -0.3 is 26.4 Å². The second-order valence-corrected chi connectivity index (χ2v) is 7.92. The van der Waals surface area contributed by atoms with Gasteiger partial charge in [-0.3, -0.25) is 20.1 Å². The van der Waals surface area contributed by atoms with Crippen molar-refractivity contribution in [2.24, 2.45) is 16.5 Å². The maximum atomic E-state index is 12.6. The Balaban J connectivity index is 1.53. The smallest absolute Gasteiger partial charge is 0.404 e. The normalized spacial score (nSPS) is 14.8. The number of nitrogens with one attached hydrogen (secondary N) is 3. The summed E-state index contributed by atoms with van der Waals surface area (Å²) in [4.78, 5) is 37.6. The molecule has 1 saturated heterocycles. The van der Waals surface area contributed by atoms with Crippen molar-refractivity contribution in [3.8, 4) is 5.75 Å². The Morgan fingerprint density at radius 1 is 1.23 bits per heavy atom. The number of carbonyl (C=O) groups excluding carboxylic acids is 1. The zero-order chi connectivity index (χ0) is 25.4. The third-order valence-electron chi connectivity index (χ3n) is 5.37. The van der Waals surface area contributed by atoms with E-state index in [4.69, 9.17) is 11.5 Å². The molecule has 1 aliphatic heterocycles. The van der Waals surface area contributed by atoms with Crippen LogP contribution in [-0.2, 0) is 0 Å². The highest BCUT2D eigenvalue weighted by molar-refractivity contribution is 5.99. The zero-order valence-corrected chi connectivity index (χ0v) is 18.8. The van der Waals surface area contributed by atoms with Gasteiger partial charge in [0.05, 0.1) is 5.69 Å². The van der Waals surface area contributed by atoms with E-state index in [1.54, 1.807) is 0 Å². The summed E-state index contributed by atoms with van der Waals surface area (Å²) in [6.45, 7) is 3.05. The van der Waals surface area contributed by atoms with Crippen LogP contribution in [0.3, 0.4) is 0 Å². The van der Waals surface area contributed by atoms with Crippen LogP contribution in [-0.4, -0.2) is 59.4 Å². The molecule has 2 aromatic rings. The topological polar surface area (TPSA) is 164 Å². The summed E-state index contributed by atoms with van der Waals surface area (Å²) in [6.07, 6.45) is -1.12. The molecule has 2 amide bonds. The van der Waals surface area contributed by atoms with Crippen LogP contribution in [0.5, 0.6) is 5.75 Å². The van der Waals surface area contributed by atoms with Crippen LogP contribution in [0, 0.1) is 0 Å². The fourth-order valence-electron chi connectivity index (χ4n) is 3.77. The van der Waals surface area contributed by atoms with Crippen molar-refractivity contribution < 1.29 is 22.7 Å². The van der Waals surface area contributed by atoms with Crippen molar-refractivity contribution in [1.29, 1.82) is 0 Å². The fourth-order valence-corrected chi connectivity index (χ4v) is 3.77. The minimum absolute atomic E-state index is 0.0227. The van der Waals surface area contributed by atoms with E-state index in [1.807, 2.05) is 0 Å². The monoisotopic (exact) mass is 496 g/mol. The average Bonchev–Trinajstić information content (AvgIpc) is 2.78. The molecule has 1 aliphatic rings. The van der Waals surface area contributed by atoms with E-state index in [0.29, 0.717) is 12.1 Å². The number of urea groups is 1. The highest BCUT2D eigenvalue weighted by Crippen LogP contribution is 2.30. The van der Waals surface area contributed by atoms with Crippen molar-refractivity contribution in [2.75, 3.05) is 36.8 Å². The molecule has 1 fully saturated rings. The van der Waals surface area contributed by atoms with Crippen molar-refractivity contribution >= 4 is 23.6 Å². The molecular weight excluding hydrogens is 469 g/mol. The number of nitrogens with two attached hydrogens (primary N) is 2. The lowest BCUT2D eigenvalue weighted by Crippen LogP contribution is -2.35. The van der Waals surface area contributed by atoms with E-state index in [9.17, 15) is 22.8 Å². The summed E-state index contributed by atoms with van der Waals surface area (Å²) in [5.74, 6) is -0.613. The molecule has 0 saturated carbocycles. The molecule has 0 radical (unpaired) electrons. The number of nitrogens with zero attached hydrogens (tertiary/aromatic N) is 3. The van der Waals surface area contributed by atoms with Gasteiger partial charge in [-0.1, -0.05) is 12.1 Å². The summed E-state index contributed by atoms with van der Waals surface area (Å²) in [7, 11) is 0. The van der Waals surface area contributed by atoms with Gasteiger partial charge in [0.15, 0.2) is 11.7 Å². The molecule has 11 nitrogen and oxygen atoms in total. The van der Waals surface area contributed by atoms with Crippen LogP contribution in [0.15, 0.2) is 40.2 Å². The molecule has 0 aliphatic carbocycles. The highest BCUT2D eigenvalue weighted by Gasteiger charge is 2.32. The molecule has 14 heteroatoms. The number of carbonyl (C=O) groups is 1. The second-order valence-electron chi connectivity index (χ2n) is 7.92. The maximum Gasteiger partial charge on any atom is 0.573 e. The summed E-state index contributed by atoms with van der Waals surface area (Å²) >= 11 is 0. The quantitative estimate of drug-likeness (QED) is 0.212. The van der Waals surface area contributed by atoms with Crippen molar-refractivity contribution in [2.45, 2.75) is 31.5 Å². The van der Waals surface area contributed by atoms with E-state index < -0.39 is 18.1 Å². The molecule has 35 heavy (non-hydrogen) atoms. The lowest BCUT2D eigenvalue weighted by atomic mass is 9.91. The van der Waals surface area contributed by atoms with Gasteiger partial charge >= 0.3 is 12.4 Å². The largest absolute Gasteiger partial charge is 0.573 e. The zero-order valence-electron chi connectivity index (χ0n) is 18.8. The number of alkyl halides is 3. The van der Waals surface area contributed by atoms with Crippen molar-refractivity contribution in [3.63, 3.8) is 0 Å². The summed E-state index contributed by atoms with van der Waals surface area (Å²) in [6, 6.07) is 4.18. The van der Waals surface area contributed by atoms with Gasteiger partial charge in [0.25, 0.3) is 5.56 Å². The number of anilines is 2. The van der Waals surface area contributed by atoms with Crippen molar-refractivity contribution in [3.05, 3.63) is 46.4 Å². The standard InChI is InChI=1S/C21H27F3N8O3/c22-21(23,24)35-16-5-2-1-4-15(16)29-20(34)31-19-28-12-14(17(33)30-19)13-6-10-32(11-7-13)9-3-8-27-18(25)26/h1-2,4-5,12-13H,3,6-11H2,(H4,25,26,27)(H3,28,29,30,31,33,34). The van der Waals surface area contributed by atoms with Crippen LogP contribution < -0.4 is 32.4 Å². The lowest BCUT2D eigenvalue weighted by molar-refractivity contribution is -0.274. The van der Waals surface area contributed by atoms with Gasteiger partial charge in [0, 0.05) is 18.3 Å². The number of likely N-dealkylation sites (tertiary alicyclic amines) is 1. The van der Waals surface area contributed by atoms with Crippen molar-refractivity contribution in [1.82, 2.24) is 14.9 Å². The molecule has 0 atom stereocenters. The van der Waals surface area contributed by atoms with E-state index in [1.165, 1.54) is 24.4 Å². The van der Waals surface area contributed by atoms with Gasteiger partial charge in [-0.25, -0.2) is 9.78 Å². The SMILES string of the molecule is NC(N)=NCCCN1CCC(c2cnc(NC(=O)Nc3ccccc3OC(F)(F)F)[nH]c2=O)CC1. The number of rotatable bonds is 8. The third kappa shape index (κ3) is 8.17. The molecule has 1 aromatic heterocycles. The number of H-pyrrole nitrogens is 1. The number of piperidine rings is 1. The van der Waals surface area contributed by atoms with Gasteiger partial charge in [0.1, 0.15) is 0 Å². The van der Waals surface area contributed by atoms with E-state index in [0.717, 1.165) is 45.0 Å². The van der Waals surface area contributed by atoms with Crippen LogP contribution in [0.25, 0.3) is 0 Å². The number of aromatic nitrogens is 2. The van der Waals surface area contributed by atoms with Gasteiger partial charge in [-0.05, 0) is 56.9 Å². The number of aliphatic imine (C=N–C) groups is 1. The number of aromatic amines is 1. The Bertz CT molecular complexity index is 1090. The molecule has 1 aromatic carbocycles. The first-order valence-corrected chi connectivity index (χ1v) is 10.9. The summed E-state index contributed by atoms with van der Waals surface area (Å²) in [5, 5.41) is 4.55. The Labute approximate surface area is 198 Å². The van der Waals surface area contributed by atoms with E-state index in [2.05, 4.69) is 35.2 Å². The molecule has 0 unspecified atom stereocenters. The molecule has 0 bridgehead atoms. The second kappa shape index (κ2) is 11.6. The van der Waals surface area contributed by atoms with Gasteiger partial charge in [0.2, 0.25) is 5.95 Å². The first-order valence-electron chi connectivity index (χ1n) is 10.9. The Morgan fingerprint density at radius 2 is 1.94 bits per heavy atom. The Kier molecular flexibility index (Phi) is 8.52. The minimum Gasteiger partial charge on any atom is -0.404 e.